The number of unbranched alkanes of at least 4 members (excludes halogenated alkanes) is 38. The van der Waals surface area contributed by atoms with Crippen molar-refractivity contribution in [1.82, 2.24) is 0 Å². The summed E-state index contributed by atoms with van der Waals surface area (Å²) in [6, 6.07) is 0. The minimum Gasteiger partial charge on any atom is -0.462 e. The van der Waals surface area contributed by atoms with E-state index in [1.807, 2.05) is 0 Å². The molecule has 0 heterocycles. The summed E-state index contributed by atoms with van der Waals surface area (Å²) in [5, 5.41) is 0. The fraction of sp³-hybridized carbons (Fsp3) is 0.881. The number of hydrogen-bond acceptors (Lipinski definition) is 6. The van der Waals surface area contributed by atoms with Gasteiger partial charge in [-0.2, -0.15) is 0 Å². The summed E-state index contributed by atoms with van der Waals surface area (Å²) in [4.78, 5) is 38.0. The first kappa shape index (κ1) is 62.9. The summed E-state index contributed by atoms with van der Waals surface area (Å²) < 4.78 is 16.8. The average Bonchev–Trinajstić information content (AvgIpc) is 3.30. The molecule has 0 saturated heterocycles. The van der Waals surface area contributed by atoms with Gasteiger partial charge in [-0.1, -0.05) is 257 Å². The summed E-state index contributed by atoms with van der Waals surface area (Å²) >= 11 is 0. The van der Waals surface area contributed by atoms with Crippen LogP contribution < -0.4 is 0 Å². The lowest BCUT2D eigenvalue weighted by molar-refractivity contribution is -0.167. The topological polar surface area (TPSA) is 78.9 Å². The van der Waals surface area contributed by atoms with Gasteiger partial charge in [-0.15, -0.1) is 0 Å². The van der Waals surface area contributed by atoms with Crippen LogP contribution in [0.3, 0.4) is 0 Å². The highest BCUT2D eigenvalue weighted by Gasteiger charge is 2.19. The third-order valence-corrected chi connectivity index (χ3v) is 12.9. The highest BCUT2D eigenvalue weighted by atomic mass is 16.6. The zero-order valence-electron chi connectivity index (χ0n) is 43.8. The number of ether oxygens (including phenoxy) is 3. The number of carbonyl (C=O) groups is 3. The maximum atomic E-state index is 12.8. The van der Waals surface area contributed by atoms with Crippen molar-refractivity contribution >= 4 is 17.9 Å². The number of hydrogen-bond donors (Lipinski definition) is 0. The van der Waals surface area contributed by atoms with Gasteiger partial charge in [0.05, 0.1) is 0 Å². The maximum Gasteiger partial charge on any atom is 0.306 e. The minimum atomic E-state index is -0.774. The number of carbonyl (C=O) groups excluding carboxylic acids is 3. The molecular weight excluding hydrogens is 805 g/mol. The van der Waals surface area contributed by atoms with Gasteiger partial charge in [0.15, 0.2) is 6.10 Å². The monoisotopic (exact) mass is 915 g/mol. The fourth-order valence-electron chi connectivity index (χ4n) is 8.56. The van der Waals surface area contributed by atoms with E-state index < -0.39 is 6.10 Å². The van der Waals surface area contributed by atoms with Crippen LogP contribution in [0.5, 0.6) is 0 Å². The van der Waals surface area contributed by atoms with Gasteiger partial charge in [0, 0.05) is 19.3 Å². The lowest BCUT2D eigenvalue weighted by Gasteiger charge is -2.18. The van der Waals surface area contributed by atoms with Crippen molar-refractivity contribution in [1.29, 1.82) is 0 Å². The van der Waals surface area contributed by atoms with Gasteiger partial charge < -0.3 is 14.2 Å². The molecule has 0 saturated carbocycles. The van der Waals surface area contributed by atoms with Crippen LogP contribution in [-0.4, -0.2) is 37.2 Å². The molecule has 0 radical (unpaired) electrons. The largest absolute Gasteiger partial charge is 0.462 e. The number of esters is 3. The van der Waals surface area contributed by atoms with Crippen molar-refractivity contribution < 1.29 is 28.6 Å². The van der Waals surface area contributed by atoms with Crippen LogP contribution >= 0.6 is 0 Å². The van der Waals surface area contributed by atoms with E-state index >= 15 is 0 Å². The zero-order chi connectivity index (χ0) is 47.2. The van der Waals surface area contributed by atoms with Crippen molar-refractivity contribution in [3.63, 3.8) is 0 Å². The first-order valence-corrected chi connectivity index (χ1v) is 28.8. The highest BCUT2D eigenvalue weighted by Crippen LogP contribution is 2.17. The second-order valence-electron chi connectivity index (χ2n) is 19.6. The molecule has 1 unspecified atom stereocenters. The van der Waals surface area contributed by atoms with Gasteiger partial charge in [0.25, 0.3) is 0 Å². The quantitative estimate of drug-likeness (QED) is 0.0262. The molecule has 0 aromatic rings. The van der Waals surface area contributed by atoms with Crippen molar-refractivity contribution in [2.24, 2.45) is 0 Å². The van der Waals surface area contributed by atoms with E-state index in [0.717, 1.165) is 77.0 Å². The molecule has 0 aromatic carbocycles. The predicted octanol–water partition coefficient (Wildman–Crippen LogP) is 19.1. The molecule has 6 nitrogen and oxygen atoms in total. The van der Waals surface area contributed by atoms with Crippen LogP contribution in [0.1, 0.15) is 316 Å². The summed E-state index contributed by atoms with van der Waals surface area (Å²) in [5.74, 6) is -0.879. The van der Waals surface area contributed by atoms with Crippen molar-refractivity contribution in [3.8, 4) is 0 Å². The molecule has 0 amide bonds. The van der Waals surface area contributed by atoms with E-state index in [2.05, 4.69) is 45.1 Å². The van der Waals surface area contributed by atoms with Gasteiger partial charge in [-0.05, 0) is 64.2 Å². The van der Waals surface area contributed by atoms with Crippen LogP contribution in [0.15, 0.2) is 24.3 Å². The minimum absolute atomic E-state index is 0.0735. The Bertz CT molecular complexity index is 1050. The first-order chi connectivity index (χ1) is 32.0. The summed E-state index contributed by atoms with van der Waals surface area (Å²) in [6.45, 7) is 6.58. The molecule has 0 aliphatic heterocycles. The van der Waals surface area contributed by atoms with Crippen LogP contribution in [0, 0.1) is 0 Å². The lowest BCUT2D eigenvalue weighted by Crippen LogP contribution is -2.30. The highest BCUT2D eigenvalue weighted by molar-refractivity contribution is 5.71. The molecule has 0 N–H and O–H groups in total. The third kappa shape index (κ3) is 52.7. The molecule has 382 valence electrons. The van der Waals surface area contributed by atoms with Gasteiger partial charge in [0.2, 0.25) is 0 Å². The van der Waals surface area contributed by atoms with Crippen LogP contribution in [0.25, 0.3) is 0 Å². The van der Waals surface area contributed by atoms with Crippen molar-refractivity contribution in [3.05, 3.63) is 24.3 Å². The van der Waals surface area contributed by atoms with E-state index in [9.17, 15) is 14.4 Å². The van der Waals surface area contributed by atoms with Crippen LogP contribution in [-0.2, 0) is 28.6 Å². The fourth-order valence-corrected chi connectivity index (χ4v) is 8.56. The Balaban J connectivity index is 4.12. The molecule has 0 bridgehead atoms. The zero-order valence-corrected chi connectivity index (χ0v) is 43.8. The molecule has 0 aliphatic carbocycles. The van der Waals surface area contributed by atoms with Gasteiger partial charge in [-0.3, -0.25) is 14.4 Å². The molecule has 0 fully saturated rings. The van der Waals surface area contributed by atoms with E-state index in [1.54, 1.807) is 0 Å². The Labute approximate surface area is 404 Å². The summed E-state index contributed by atoms with van der Waals surface area (Å²) in [6.07, 6.45) is 63.4. The molecule has 0 spiro atoms. The molecule has 65 heavy (non-hydrogen) atoms. The Morgan fingerprint density at radius 1 is 0.292 bits per heavy atom. The molecule has 0 aliphatic rings. The van der Waals surface area contributed by atoms with Crippen molar-refractivity contribution in [2.45, 2.75) is 322 Å². The Morgan fingerprint density at radius 3 is 0.862 bits per heavy atom. The van der Waals surface area contributed by atoms with Gasteiger partial charge in [-0.25, -0.2) is 0 Å². The SMILES string of the molecule is CCC/C=C\CCCCCCCC(=O)OCC(COC(=O)CCCCCCCCCCCCCCCCCCCCCCCCCCC)OC(=O)CCCCCCC/C=C\CCCCC. The van der Waals surface area contributed by atoms with Crippen LogP contribution in [0.2, 0.25) is 0 Å². The van der Waals surface area contributed by atoms with Gasteiger partial charge >= 0.3 is 17.9 Å². The third-order valence-electron chi connectivity index (χ3n) is 12.9. The standard InChI is InChI=1S/C59H110O6/c1-4-7-10-13-16-19-22-24-25-26-27-28-29-30-31-32-33-34-35-36-38-40-43-46-49-52-58(61)64-55-56(54-63-57(60)51-48-45-42-39-21-18-15-12-9-6-3)65-59(62)53-50-47-44-41-37-23-20-17-14-11-8-5-2/h12,15,17,20,56H,4-11,13-14,16,18-19,21-55H2,1-3H3/b15-12-,20-17-. The van der Waals surface area contributed by atoms with E-state index in [-0.39, 0.29) is 31.1 Å². The Morgan fingerprint density at radius 2 is 0.538 bits per heavy atom. The molecule has 6 heteroatoms. The van der Waals surface area contributed by atoms with Crippen LogP contribution in [0.4, 0.5) is 0 Å². The van der Waals surface area contributed by atoms with Gasteiger partial charge in [0.1, 0.15) is 13.2 Å². The maximum absolute atomic E-state index is 12.8. The first-order valence-electron chi connectivity index (χ1n) is 28.8. The normalized spacial score (nSPS) is 12.1. The van der Waals surface area contributed by atoms with E-state index in [0.29, 0.717) is 19.3 Å². The molecular formula is C59H110O6. The van der Waals surface area contributed by atoms with Crippen molar-refractivity contribution in [2.75, 3.05) is 13.2 Å². The summed E-state index contributed by atoms with van der Waals surface area (Å²) in [5.41, 5.74) is 0. The summed E-state index contributed by atoms with van der Waals surface area (Å²) in [7, 11) is 0. The lowest BCUT2D eigenvalue weighted by atomic mass is 10.0. The van der Waals surface area contributed by atoms with E-state index in [4.69, 9.17) is 14.2 Å². The predicted molar refractivity (Wildman–Crippen MR) is 279 cm³/mol. The molecule has 0 aromatic heterocycles. The van der Waals surface area contributed by atoms with E-state index in [1.165, 1.54) is 199 Å². The number of allylic oxidation sites excluding steroid dienone is 4. The smallest absolute Gasteiger partial charge is 0.306 e. The Kier molecular flexibility index (Phi) is 52.7. The second kappa shape index (κ2) is 54.5. The molecule has 1 atom stereocenters. The Hall–Kier alpha value is -2.11. The number of rotatable bonds is 53. The molecule has 0 rings (SSSR count). The second-order valence-corrected chi connectivity index (χ2v) is 19.6. The average molecular weight is 916 g/mol.